The van der Waals surface area contributed by atoms with Crippen LogP contribution in [0.4, 0.5) is 0 Å². The number of hydrogen-bond acceptors (Lipinski definition) is 6. The van der Waals surface area contributed by atoms with Gasteiger partial charge in [-0.1, -0.05) is 6.08 Å². The van der Waals surface area contributed by atoms with E-state index >= 15 is 0 Å². The van der Waals surface area contributed by atoms with Crippen LogP contribution in [-0.4, -0.2) is 64.4 Å². The highest BCUT2D eigenvalue weighted by Crippen LogP contribution is 2.07. The van der Waals surface area contributed by atoms with Crippen LogP contribution in [0.3, 0.4) is 0 Å². The van der Waals surface area contributed by atoms with E-state index in [-0.39, 0.29) is 18.4 Å². The summed E-state index contributed by atoms with van der Waals surface area (Å²) in [5, 5.41) is 13.8. The predicted octanol–water partition coefficient (Wildman–Crippen LogP) is -0.699. The molecule has 0 bridgehead atoms. The first kappa shape index (κ1) is 15.6. The number of hydrogen-bond donors (Lipinski definition) is 2. The van der Waals surface area contributed by atoms with E-state index in [1.165, 1.54) is 5.41 Å². The van der Waals surface area contributed by atoms with Crippen molar-refractivity contribution in [3.63, 3.8) is 0 Å². The molecule has 2 unspecified atom stereocenters. The highest BCUT2D eigenvalue weighted by atomic mass is 32.2. The zero-order valence-electron chi connectivity index (χ0n) is 10.5. The number of nitrogens with one attached hydrogen (secondary N) is 1. The Morgan fingerprint density at radius 2 is 2.17 bits per heavy atom. The van der Waals surface area contributed by atoms with Crippen LogP contribution in [0.25, 0.3) is 0 Å². The topological polar surface area (TPSA) is 84.9 Å². The van der Waals surface area contributed by atoms with Crippen LogP contribution in [0, 0.1) is 0 Å². The fourth-order valence-corrected chi connectivity index (χ4v) is 2.80. The number of rotatable bonds is 9. The van der Waals surface area contributed by atoms with Crippen molar-refractivity contribution >= 4 is 9.84 Å². The molecule has 0 aliphatic carbocycles. The van der Waals surface area contributed by atoms with Crippen molar-refractivity contribution in [2.24, 2.45) is 0 Å². The zero-order valence-corrected chi connectivity index (χ0v) is 11.4. The molecule has 0 radical (unpaired) electrons. The fourth-order valence-electron chi connectivity index (χ4n) is 1.53. The van der Waals surface area contributed by atoms with Crippen molar-refractivity contribution in [3.05, 3.63) is 11.5 Å². The van der Waals surface area contributed by atoms with Crippen molar-refractivity contribution < 1.29 is 23.0 Å². The Morgan fingerprint density at radius 1 is 1.44 bits per heavy atom. The second-order valence-electron chi connectivity index (χ2n) is 4.10. The van der Waals surface area contributed by atoms with Gasteiger partial charge in [-0.15, -0.1) is 0 Å². The minimum atomic E-state index is -3.04. The molecule has 7 heteroatoms. The average molecular weight is 279 g/mol. The molecule has 1 heterocycles. The lowest BCUT2D eigenvalue weighted by Gasteiger charge is -2.15. The van der Waals surface area contributed by atoms with E-state index in [1.54, 1.807) is 6.08 Å². The number of aliphatic hydroxyl groups is 1. The van der Waals surface area contributed by atoms with Crippen molar-refractivity contribution in [1.29, 1.82) is 0 Å². The number of aliphatic hydroxyl groups excluding tert-OH is 1. The summed E-state index contributed by atoms with van der Waals surface area (Å²) < 4.78 is 32.5. The maximum atomic E-state index is 11.1. The minimum absolute atomic E-state index is 0.0604. The molecular formula is C11H21NO5S. The lowest BCUT2D eigenvalue weighted by molar-refractivity contribution is 0.00624. The molecule has 18 heavy (non-hydrogen) atoms. The largest absolute Gasteiger partial charge is 0.389 e. The fraction of sp³-hybridized carbons (Fsp3) is 0.818. The molecule has 0 aromatic heterocycles. The van der Waals surface area contributed by atoms with E-state index in [0.29, 0.717) is 26.4 Å². The highest BCUT2D eigenvalue weighted by Gasteiger charge is 2.21. The van der Waals surface area contributed by atoms with Gasteiger partial charge in [0.25, 0.3) is 0 Å². The third-order valence-electron chi connectivity index (χ3n) is 2.43. The third-order valence-corrected chi connectivity index (χ3v) is 3.83. The van der Waals surface area contributed by atoms with Gasteiger partial charge in [-0.2, -0.15) is 0 Å². The Balaban J connectivity index is 2.04. The Hall–Kier alpha value is -0.470. The first-order chi connectivity index (χ1) is 8.53. The Labute approximate surface area is 108 Å². The van der Waals surface area contributed by atoms with Gasteiger partial charge in [0.15, 0.2) is 9.84 Å². The number of ether oxygens (including phenoxy) is 2. The summed E-state index contributed by atoms with van der Waals surface area (Å²) >= 11 is 0. The Morgan fingerprint density at radius 3 is 2.78 bits per heavy atom. The first-order valence-corrected chi connectivity index (χ1v) is 7.73. The molecule has 0 aromatic carbocycles. The summed E-state index contributed by atoms with van der Waals surface area (Å²) in [5.41, 5.74) is 0. The molecule has 0 aromatic rings. The normalized spacial score (nSPS) is 23.3. The van der Waals surface area contributed by atoms with Crippen molar-refractivity contribution in [1.82, 2.24) is 5.32 Å². The first-order valence-electron chi connectivity index (χ1n) is 6.01. The molecule has 1 rings (SSSR count). The van der Waals surface area contributed by atoms with Crippen molar-refractivity contribution in [3.8, 4) is 0 Å². The predicted molar refractivity (Wildman–Crippen MR) is 68.0 cm³/mol. The summed E-state index contributed by atoms with van der Waals surface area (Å²) in [7, 11) is -3.04. The Kier molecular flexibility index (Phi) is 6.80. The van der Waals surface area contributed by atoms with Gasteiger partial charge < -0.3 is 19.9 Å². The van der Waals surface area contributed by atoms with Crippen LogP contribution in [0.5, 0.6) is 0 Å². The van der Waals surface area contributed by atoms with E-state index in [1.807, 2.05) is 6.92 Å². The monoisotopic (exact) mass is 279 g/mol. The summed E-state index contributed by atoms with van der Waals surface area (Å²) in [5.74, 6) is 0.0604. The molecule has 0 amide bonds. The zero-order chi connectivity index (χ0) is 13.4. The molecule has 0 fully saturated rings. The van der Waals surface area contributed by atoms with Crippen LogP contribution in [0.1, 0.15) is 6.92 Å². The molecule has 0 saturated heterocycles. The van der Waals surface area contributed by atoms with Gasteiger partial charge in [0.2, 0.25) is 0 Å². The van der Waals surface area contributed by atoms with E-state index < -0.39 is 15.9 Å². The van der Waals surface area contributed by atoms with Gasteiger partial charge in [-0.25, -0.2) is 8.42 Å². The van der Waals surface area contributed by atoms with Crippen LogP contribution in [0.15, 0.2) is 11.5 Å². The maximum absolute atomic E-state index is 11.1. The van der Waals surface area contributed by atoms with Crippen LogP contribution < -0.4 is 5.32 Å². The molecule has 106 valence electrons. The summed E-state index contributed by atoms with van der Waals surface area (Å²) in [6, 6.07) is -0.215. The highest BCUT2D eigenvalue weighted by molar-refractivity contribution is 7.94. The molecule has 0 spiro atoms. The molecular weight excluding hydrogens is 258 g/mol. The summed E-state index contributed by atoms with van der Waals surface area (Å²) in [6.07, 6.45) is 0.946. The van der Waals surface area contributed by atoms with Crippen LogP contribution >= 0.6 is 0 Å². The quantitative estimate of drug-likeness (QED) is 0.543. The van der Waals surface area contributed by atoms with Crippen molar-refractivity contribution in [2.75, 3.05) is 38.7 Å². The van der Waals surface area contributed by atoms with E-state index in [0.717, 1.165) is 0 Å². The van der Waals surface area contributed by atoms with Gasteiger partial charge in [0, 0.05) is 24.6 Å². The smallest absolute Gasteiger partial charge is 0.173 e. The van der Waals surface area contributed by atoms with E-state index in [4.69, 9.17) is 9.47 Å². The van der Waals surface area contributed by atoms with Gasteiger partial charge in [0.05, 0.1) is 31.7 Å². The van der Waals surface area contributed by atoms with Crippen molar-refractivity contribution in [2.45, 2.75) is 19.1 Å². The van der Waals surface area contributed by atoms with Gasteiger partial charge >= 0.3 is 0 Å². The standard InChI is InChI=1S/C11H21NO5S/c1-2-16-4-5-17-8-11(13)7-12-10-3-6-18(14,15)9-10/h3,6,10-13H,2,4-5,7-9H2,1H3. The third kappa shape index (κ3) is 6.46. The maximum Gasteiger partial charge on any atom is 0.173 e. The molecule has 6 nitrogen and oxygen atoms in total. The Bertz CT molecular complexity index is 354. The lowest BCUT2D eigenvalue weighted by atomic mass is 10.3. The SMILES string of the molecule is CCOCCOCC(O)CNC1C=CS(=O)(=O)C1. The van der Waals surface area contributed by atoms with Crippen LogP contribution in [-0.2, 0) is 19.3 Å². The second-order valence-corrected chi connectivity index (χ2v) is 6.03. The van der Waals surface area contributed by atoms with Crippen LogP contribution in [0.2, 0.25) is 0 Å². The van der Waals surface area contributed by atoms with Gasteiger partial charge in [0.1, 0.15) is 0 Å². The molecule has 2 N–H and O–H groups in total. The molecule has 2 atom stereocenters. The second kappa shape index (κ2) is 7.85. The molecule has 0 saturated carbocycles. The van der Waals surface area contributed by atoms with Gasteiger partial charge in [-0.3, -0.25) is 0 Å². The van der Waals surface area contributed by atoms with E-state index in [9.17, 15) is 13.5 Å². The van der Waals surface area contributed by atoms with Gasteiger partial charge in [-0.05, 0) is 6.92 Å². The molecule has 1 aliphatic heterocycles. The summed E-state index contributed by atoms with van der Waals surface area (Å²) in [4.78, 5) is 0. The number of sulfone groups is 1. The average Bonchev–Trinajstić information content (AvgIpc) is 2.66. The minimum Gasteiger partial charge on any atom is -0.389 e. The molecule has 1 aliphatic rings. The summed E-state index contributed by atoms with van der Waals surface area (Å²) in [6.45, 7) is 4.03. The van der Waals surface area contributed by atoms with E-state index in [2.05, 4.69) is 5.32 Å². The lowest BCUT2D eigenvalue weighted by Crippen LogP contribution is -2.38.